The minimum atomic E-state index is -3.86. The van der Waals surface area contributed by atoms with E-state index in [9.17, 15) is 13.2 Å². The van der Waals surface area contributed by atoms with E-state index in [0.29, 0.717) is 11.4 Å². The van der Waals surface area contributed by atoms with Gasteiger partial charge in [-0.25, -0.2) is 22.9 Å². The number of hydrogen-bond acceptors (Lipinski definition) is 8. The first-order valence-electron chi connectivity index (χ1n) is 9.70. The summed E-state index contributed by atoms with van der Waals surface area (Å²) in [5, 5.41) is 2.54. The van der Waals surface area contributed by atoms with Crippen LogP contribution < -0.4 is 14.2 Å². The zero-order valence-electron chi connectivity index (χ0n) is 18.1. The molecule has 0 unspecified atom stereocenters. The van der Waals surface area contributed by atoms with Crippen LogP contribution in [0.25, 0.3) is 10.6 Å². The van der Waals surface area contributed by atoms with Gasteiger partial charge in [0, 0.05) is 11.4 Å². The van der Waals surface area contributed by atoms with Gasteiger partial charge < -0.3 is 14.2 Å². The Morgan fingerprint density at radius 1 is 1.09 bits per heavy atom. The van der Waals surface area contributed by atoms with E-state index < -0.39 is 16.0 Å². The highest BCUT2D eigenvalue weighted by atomic mass is 32.2. The summed E-state index contributed by atoms with van der Waals surface area (Å²) < 4.78 is 43.6. The number of rotatable bonds is 9. The van der Waals surface area contributed by atoms with Crippen LogP contribution in [0.4, 0.5) is 0 Å². The van der Waals surface area contributed by atoms with E-state index in [1.807, 2.05) is 24.3 Å². The number of benzene rings is 2. The normalized spacial score (nSPS) is 11.4. The lowest BCUT2D eigenvalue weighted by Gasteiger charge is -2.14. The van der Waals surface area contributed by atoms with Crippen molar-refractivity contribution in [3.63, 3.8) is 0 Å². The molecule has 0 radical (unpaired) electrons. The third-order valence-corrected chi connectivity index (χ3v) is 6.92. The fourth-order valence-electron chi connectivity index (χ4n) is 2.93. The first-order valence-corrected chi connectivity index (χ1v) is 12.1. The molecule has 0 fully saturated rings. The van der Waals surface area contributed by atoms with Gasteiger partial charge in [-0.3, -0.25) is 0 Å². The molecule has 0 saturated heterocycles. The SMILES string of the molecule is COc1ccccc1-c1nc(COC(=O)c2ccc(OC)c(S(=O)(=O)NC(C)C)c2)cs1. The highest BCUT2D eigenvalue weighted by Gasteiger charge is 2.23. The van der Waals surface area contributed by atoms with Gasteiger partial charge in [0.1, 0.15) is 28.0 Å². The number of nitrogens with zero attached hydrogens (tertiary/aromatic N) is 1. The zero-order chi connectivity index (χ0) is 23.3. The monoisotopic (exact) mass is 476 g/mol. The Hall–Kier alpha value is -2.95. The number of nitrogens with one attached hydrogen (secondary N) is 1. The molecule has 0 amide bonds. The summed E-state index contributed by atoms with van der Waals surface area (Å²) in [6.45, 7) is 3.35. The minimum absolute atomic E-state index is 0.0527. The van der Waals surface area contributed by atoms with Gasteiger partial charge in [-0.2, -0.15) is 0 Å². The summed E-state index contributed by atoms with van der Waals surface area (Å²) in [5.41, 5.74) is 1.52. The van der Waals surface area contributed by atoms with Crippen molar-refractivity contribution in [2.45, 2.75) is 31.4 Å². The number of aromatic nitrogens is 1. The standard InChI is InChI=1S/C22H24N2O6S2/c1-14(2)24-32(26,27)20-11-15(9-10-19(20)29-4)22(25)30-12-16-13-31-21(23-16)17-7-5-6-8-18(17)28-3/h5-11,13-14,24H,12H2,1-4H3. The predicted molar refractivity (Wildman–Crippen MR) is 122 cm³/mol. The molecule has 3 rings (SSSR count). The molecule has 1 aromatic heterocycles. The summed E-state index contributed by atoms with van der Waals surface area (Å²) in [4.78, 5) is 17.0. The molecule has 0 aliphatic heterocycles. The number of sulfonamides is 1. The van der Waals surface area contributed by atoms with Crippen LogP contribution in [0.1, 0.15) is 29.9 Å². The van der Waals surface area contributed by atoms with E-state index in [4.69, 9.17) is 14.2 Å². The fourth-order valence-corrected chi connectivity index (χ4v) is 5.21. The number of hydrogen-bond donors (Lipinski definition) is 1. The molecule has 0 spiro atoms. The van der Waals surface area contributed by atoms with Gasteiger partial charge in [0.15, 0.2) is 0 Å². The maximum absolute atomic E-state index is 12.6. The number of para-hydroxylation sites is 1. The van der Waals surface area contributed by atoms with Crippen molar-refractivity contribution in [2.24, 2.45) is 0 Å². The van der Waals surface area contributed by atoms with E-state index in [0.717, 1.165) is 10.6 Å². The molecule has 0 aliphatic carbocycles. The Morgan fingerprint density at radius 2 is 1.81 bits per heavy atom. The molecule has 3 aromatic rings. The second-order valence-electron chi connectivity index (χ2n) is 7.06. The maximum Gasteiger partial charge on any atom is 0.338 e. The van der Waals surface area contributed by atoms with Gasteiger partial charge >= 0.3 is 5.97 Å². The molecule has 2 aromatic carbocycles. The molecule has 170 valence electrons. The number of carbonyl (C=O) groups is 1. The largest absolute Gasteiger partial charge is 0.496 e. The van der Waals surface area contributed by atoms with Crippen molar-refractivity contribution < 1.29 is 27.4 Å². The lowest BCUT2D eigenvalue weighted by Crippen LogP contribution is -2.30. The first kappa shape index (κ1) is 23.7. The van der Waals surface area contributed by atoms with Crippen LogP contribution in [-0.2, 0) is 21.4 Å². The van der Waals surface area contributed by atoms with Crippen LogP contribution in [0, 0.1) is 0 Å². The van der Waals surface area contributed by atoms with Crippen LogP contribution in [0.3, 0.4) is 0 Å². The van der Waals surface area contributed by atoms with Gasteiger partial charge in [0.05, 0.1) is 31.0 Å². The lowest BCUT2D eigenvalue weighted by molar-refractivity contribution is 0.0468. The molecule has 1 N–H and O–H groups in total. The molecule has 0 saturated carbocycles. The van der Waals surface area contributed by atoms with Crippen molar-refractivity contribution in [1.82, 2.24) is 9.71 Å². The molecule has 32 heavy (non-hydrogen) atoms. The van der Waals surface area contributed by atoms with Gasteiger partial charge in [-0.1, -0.05) is 12.1 Å². The van der Waals surface area contributed by atoms with E-state index in [2.05, 4.69) is 9.71 Å². The summed E-state index contributed by atoms with van der Waals surface area (Å²) in [6.07, 6.45) is 0. The zero-order valence-corrected chi connectivity index (χ0v) is 19.7. The number of esters is 1. The van der Waals surface area contributed by atoms with Gasteiger partial charge in [0.2, 0.25) is 10.0 Å². The molecule has 0 atom stereocenters. The minimum Gasteiger partial charge on any atom is -0.496 e. The maximum atomic E-state index is 12.6. The molecule has 10 heteroatoms. The van der Waals surface area contributed by atoms with E-state index in [1.54, 1.807) is 26.3 Å². The van der Waals surface area contributed by atoms with Crippen LogP contribution in [0.2, 0.25) is 0 Å². The highest BCUT2D eigenvalue weighted by molar-refractivity contribution is 7.89. The second kappa shape index (κ2) is 10.1. The third kappa shape index (κ3) is 5.45. The summed E-state index contributed by atoms with van der Waals surface area (Å²) >= 11 is 1.41. The summed E-state index contributed by atoms with van der Waals surface area (Å²) in [6, 6.07) is 11.3. The van der Waals surface area contributed by atoms with E-state index >= 15 is 0 Å². The van der Waals surface area contributed by atoms with E-state index in [-0.39, 0.29) is 28.9 Å². The van der Waals surface area contributed by atoms with Crippen LogP contribution in [0.15, 0.2) is 52.7 Å². The average Bonchev–Trinajstić information content (AvgIpc) is 3.25. The van der Waals surface area contributed by atoms with Crippen molar-refractivity contribution >= 4 is 27.3 Å². The van der Waals surface area contributed by atoms with Crippen LogP contribution in [-0.4, -0.2) is 39.6 Å². The Labute approximate surface area is 191 Å². The van der Waals surface area contributed by atoms with Crippen molar-refractivity contribution in [3.05, 3.63) is 59.1 Å². The lowest BCUT2D eigenvalue weighted by atomic mass is 10.2. The Balaban J connectivity index is 1.76. The molecule has 0 bridgehead atoms. The molecule has 0 aliphatic rings. The molecule has 1 heterocycles. The van der Waals surface area contributed by atoms with E-state index in [1.165, 1.54) is 36.6 Å². The molecular formula is C22H24N2O6S2. The van der Waals surface area contributed by atoms with Crippen molar-refractivity contribution in [2.75, 3.05) is 14.2 Å². The van der Waals surface area contributed by atoms with Gasteiger partial charge in [-0.05, 0) is 44.2 Å². The van der Waals surface area contributed by atoms with Crippen molar-refractivity contribution in [1.29, 1.82) is 0 Å². The predicted octanol–water partition coefficient (Wildman–Crippen LogP) is 3.87. The number of carbonyl (C=O) groups excluding carboxylic acids is 1. The Kier molecular flexibility index (Phi) is 7.49. The number of methoxy groups -OCH3 is 2. The fraction of sp³-hybridized carbons (Fsp3) is 0.273. The second-order valence-corrected chi connectivity index (χ2v) is 9.60. The molecular weight excluding hydrogens is 452 g/mol. The molecule has 8 nitrogen and oxygen atoms in total. The number of thiazole rings is 1. The number of ether oxygens (including phenoxy) is 3. The quantitative estimate of drug-likeness (QED) is 0.468. The highest BCUT2D eigenvalue weighted by Crippen LogP contribution is 2.32. The first-order chi connectivity index (χ1) is 15.2. The summed E-state index contributed by atoms with van der Waals surface area (Å²) in [7, 11) is -0.908. The smallest absolute Gasteiger partial charge is 0.338 e. The van der Waals surface area contributed by atoms with Crippen LogP contribution in [0.5, 0.6) is 11.5 Å². The average molecular weight is 477 g/mol. The third-order valence-electron chi connectivity index (χ3n) is 4.32. The van der Waals surface area contributed by atoms with Gasteiger partial charge in [-0.15, -0.1) is 11.3 Å². The summed E-state index contributed by atoms with van der Waals surface area (Å²) in [5.74, 6) is 0.170. The van der Waals surface area contributed by atoms with Crippen molar-refractivity contribution in [3.8, 4) is 22.1 Å². The Morgan fingerprint density at radius 3 is 2.50 bits per heavy atom. The van der Waals surface area contributed by atoms with Gasteiger partial charge in [0.25, 0.3) is 0 Å². The van der Waals surface area contributed by atoms with Crippen LogP contribution >= 0.6 is 11.3 Å². The Bertz CT molecular complexity index is 1200. The topological polar surface area (TPSA) is 104 Å².